The maximum Gasteiger partial charge on any atom is 0.306 e. The fraction of sp³-hybridized carbons (Fsp3) is 0.889. The van der Waals surface area contributed by atoms with Crippen LogP contribution in [0.25, 0.3) is 0 Å². The Labute approximate surface area is 83.3 Å². The Morgan fingerprint density at radius 2 is 2.43 bits per heavy atom. The number of rotatable bonds is 4. The number of aliphatic hydroxyl groups is 1. The summed E-state index contributed by atoms with van der Waals surface area (Å²) in [5, 5.41) is 17.9. The van der Waals surface area contributed by atoms with E-state index in [4.69, 9.17) is 9.84 Å². The molecule has 5 nitrogen and oxygen atoms in total. The number of nitrogens with zero attached hydrogens (tertiary/aromatic N) is 1. The highest BCUT2D eigenvalue weighted by atomic mass is 16.5. The summed E-state index contributed by atoms with van der Waals surface area (Å²) in [6.07, 6.45) is -0.975. The van der Waals surface area contributed by atoms with Gasteiger partial charge in [-0.2, -0.15) is 0 Å². The van der Waals surface area contributed by atoms with Crippen molar-refractivity contribution in [2.75, 3.05) is 26.3 Å². The minimum absolute atomic E-state index is 0.190. The van der Waals surface area contributed by atoms with Gasteiger partial charge in [-0.05, 0) is 6.92 Å². The molecule has 0 aromatic rings. The number of ether oxygens (including phenoxy) is 1. The maximum atomic E-state index is 10.3. The van der Waals surface area contributed by atoms with Crippen molar-refractivity contribution >= 4 is 5.97 Å². The molecule has 2 atom stereocenters. The molecule has 1 fully saturated rings. The molecule has 0 aromatic carbocycles. The lowest BCUT2D eigenvalue weighted by molar-refractivity contribution is -0.139. The Morgan fingerprint density at radius 3 is 3.00 bits per heavy atom. The van der Waals surface area contributed by atoms with Crippen molar-refractivity contribution in [3.63, 3.8) is 0 Å². The van der Waals surface area contributed by atoms with Crippen molar-refractivity contribution < 1.29 is 19.7 Å². The van der Waals surface area contributed by atoms with Crippen LogP contribution in [0, 0.1) is 0 Å². The van der Waals surface area contributed by atoms with Gasteiger partial charge in [-0.3, -0.25) is 9.69 Å². The first kappa shape index (κ1) is 11.4. The second kappa shape index (κ2) is 5.29. The zero-order chi connectivity index (χ0) is 10.6. The van der Waals surface area contributed by atoms with Gasteiger partial charge in [0.15, 0.2) is 0 Å². The second-order valence-electron chi connectivity index (χ2n) is 3.67. The molecule has 0 aliphatic carbocycles. The van der Waals surface area contributed by atoms with Crippen molar-refractivity contribution in [2.24, 2.45) is 0 Å². The minimum atomic E-state index is -0.960. The lowest BCUT2D eigenvalue weighted by Gasteiger charge is -2.34. The van der Waals surface area contributed by atoms with Crippen LogP contribution in [0.5, 0.6) is 0 Å². The van der Waals surface area contributed by atoms with E-state index >= 15 is 0 Å². The normalized spacial score (nSPS) is 26.0. The molecule has 2 unspecified atom stereocenters. The standard InChI is InChI=1S/C9H17NO4/c1-7-6-14-3-2-10(7)5-8(11)4-9(12)13/h7-8,11H,2-6H2,1H3,(H,12,13). The van der Waals surface area contributed by atoms with Crippen LogP contribution in [-0.2, 0) is 9.53 Å². The van der Waals surface area contributed by atoms with E-state index < -0.39 is 12.1 Å². The van der Waals surface area contributed by atoms with Crippen molar-refractivity contribution in [2.45, 2.75) is 25.5 Å². The fourth-order valence-corrected chi connectivity index (χ4v) is 1.57. The number of aliphatic hydroxyl groups excluding tert-OH is 1. The van der Waals surface area contributed by atoms with Crippen molar-refractivity contribution in [3.8, 4) is 0 Å². The van der Waals surface area contributed by atoms with Crippen LogP contribution in [0.1, 0.15) is 13.3 Å². The molecule has 2 N–H and O–H groups in total. The number of hydrogen-bond acceptors (Lipinski definition) is 4. The van der Waals surface area contributed by atoms with Gasteiger partial charge in [0.25, 0.3) is 0 Å². The average molecular weight is 203 g/mol. The molecule has 0 aromatic heterocycles. The van der Waals surface area contributed by atoms with E-state index in [9.17, 15) is 9.90 Å². The molecule has 0 spiro atoms. The highest BCUT2D eigenvalue weighted by molar-refractivity contribution is 5.67. The van der Waals surface area contributed by atoms with Crippen LogP contribution in [0.15, 0.2) is 0 Å². The largest absolute Gasteiger partial charge is 0.481 e. The molecule has 1 aliphatic rings. The number of carboxylic acids is 1. The van der Waals surface area contributed by atoms with Gasteiger partial charge in [0, 0.05) is 19.1 Å². The molecule has 1 rings (SSSR count). The topological polar surface area (TPSA) is 70.0 Å². The van der Waals surface area contributed by atoms with Crippen LogP contribution < -0.4 is 0 Å². The molecule has 0 saturated carbocycles. The zero-order valence-electron chi connectivity index (χ0n) is 8.35. The van der Waals surface area contributed by atoms with E-state index in [1.807, 2.05) is 6.92 Å². The summed E-state index contributed by atoms with van der Waals surface area (Å²) in [7, 11) is 0. The van der Waals surface area contributed by atoms with Gasteiger partial charge < -0.3 is 14.9 Å². The molecule has 0 radical (unpaired) electrons. The number of aliphatic carboxylic acids is 1. The van der Waals surface area contributed by atoms with E-state index in [2.05, 4.69) is 4.90 Å². The third-order valence-corrected chi connectivity index (χ3v) is 2.36. The van der Waals surface area contributed by atoms with E-state index in [1.165, 1.54) is 0 Å². The predicted octanol–water partition coefficient (Wildman–Crippen LogP) is -0.457. The van der Waals surface area contributed by atoms with Crippen LogP contribution in [-0.4, -0.2) is 59.5 Å². The summed E-state index contributed by atoms with van der Waals surface area (Å²) in [6.45, 7) is 4.49. The third kappa shape index (κ3) is 3.61. The Balaban J connectivity index is 2.30. The summed E-state index contributed by atoms with van der Waals surface area (Å²) in [5.74, 6) is -0.960. The minimum Gasteiger partial charge on any atom is -0.481 e. The molecular weight excluding hydrogens is 186 g/mol. The number of β-amino-alcohol motifs (C(OH)–C–C–N with tert-alkyl or cyclic N) is 1. The van der Waals surface area contributed by atoms with Gasteiger partial charge >= 0.3 is 5.97 Å². The van der Waals surface area contributed by atoms with Crippen LogP contribution in [0.4, 0.5) is 0 Å². The number of carboxylic acid groups (broad SMARTS) is 1. The lowest BCUT2D eigenvalue weighted by Crippen LogP contribution is -2.47. The number of carbonyl (C=O) groups is 1. The van der Waals surface area contributed by atoms with E-state index in [0.717, 1.165) is 6.54 Å². The summed E-state index contributed by atoms with van der Waals surface area (Å²) in [6, 6.07) is 0.257. The first-order valence-electron chi connectivity index (χ1n) is 4.81. The predicted molar refractivity (Wildman–Crippen MR) is 50.1 cm³/mol. The average Bonchev–Trinajstić information content (AvgIpc) is 2.07. The van der Waals surface area contributed by atoms with Crippen LogP contribution >= 0.6 is 0 Å². The molecule has 82 valence electrons. The lowest BCUT2D eigenvalue weighted by atomic mass is 10.2. The van der Waals surface area contributed by atoms with Crippen molar-refractivity contribution in [1.29, 1.82) is 0 Å². The van der Waals surface area contributed by atoms with E-state index in [-0.39, 0.29) is 12.5 Å². The highest BCUT2D eigenvalue weighted by Crippen LogP contribution is 2.07. The first-order chi connectivity index (χ1) is 6.59. The molecule has 1 heterocycles. The molecule has 5 heteroatoms. The summed E-state index contributed by atoms with van der Waals surface area (Å²) >= 11 is 0. The Bertz CT molecular complexity index is 197. The Hall–Kier alpha value is -0.650. The Kier molecular flexibility index (Phi) is 4.31. The summed E-state index contributed by atoms with van der Waals surface area (Å²) < 4.78 is 5.24. The molecule has 1 aliphatic heterocycles. The zero-order valence-corrected chi connectivity index (χ0v) is 8.35. The molecule has 0 amide bonds. The smallest absolute Gasteiger partial charge is 0.306 e. The third-order valence-electron chi connectivity index (χ3n) is 2.36. The summed E-state index contributed by atoms with van der Waals surface area (Å²) in [4.78, 5) is 12.4. The van der Waals surface area contributed by atoms with Crippen molar-refractivity contribution in [3.05, 3.63) is 0 Å². The Morgan fingerprint density at radius 1 is 1.71 bits per heavy atom. The van der Waals surface area contributed by atoms with Crippen LogP contribution in [0.2, 0.25) is 0 Å². The van der Waals surface area contributed by atoms with Gasteiger partial charge in [0.05, 0.1) is 25.7 Å². The van der Waals surface area contributed by atoms with Gasteiger partial charge in [-0.15, -0.1) is 0 Å². The quantitative estimate of drug-likeness (QED) is 0.647. The van der Waals surface area contributed by atoms with Gasteiger partial charge in [-0.25, -0.2) is 0 Å². The molecular formula is C9H17NO4. The second-order valence-corrected chi connectivity index (χ2v) is 3.67. The van der Waals surface area contributed by atoms with Gasteiger partial charge in [0.2, 0.25) is 0 Å². The van der Waals surface area contributed by atoms with E-state index in [1.54, 1.807) is 0 Å². The SMILES string of the molecule is CC1COCCN1CC(O)CC(=O)O. The van der Waals surface area contributed by atoms with E-state index in [0.29, 0.717) is 19.8 Å². The number of morpholine rings is 1. The van der Waals surface area contributed by atoms with Crippen molar-refractivity contribution in [1.82, 2.24) is 4.90 Å². The molecule has 0 bridgehead atoms. The van der Waals surface area contributed by atoms with Crippen LogP contribution in [0.3, 0.4) is 0 Å². The number of hydrogen-bond donors (Lipinski definition) is 2. The fourth-order valence-electron chi connectivity index (χ4n) is 1.57. The first-order valence-corrected chi connectivity index (χ1v) is 4.81. The molecule has 14 heavy (non-hydrogen) atoms. The monoisotopic (exact) mass is 203 g/mol. The highest BCUT2D eigenvalue weighted by Gasteiger charge is 2.22. The molecule has 1 saturated heterocycles. The summed E-state index contributed by atoms with van der Waals surface area (Å²) in [5.41, 5.74) is 0. The van der Waals surface area contributed by atoms with Gasteiger partial charge in [0.1, 0.15) is 0 Å². The maximum absolute atomic E-state index is 10.3. The van der Waals surface area contributed by atoms with Gasteiger partial charge in [-0.1, -0.05) is 0 Å².